The summed E-state index contributed by atoms with van der Waals surface area (Å²) in [6.45, 7) is -1.24. The van der Waals surface area contributed by atoms with E-state index in [-0.39, 0.29) is 70.8 Å². The summed E-state index contributed by atoms with van der Waals surface area (Å²) in [5.74, 6) is -2.41. The van der Waals surface area contributed by atoms with Crippen molar-refractivity contribution in [3.8, 4) is 17.1 Å². The van der Waals surface area contributed by atoms with Crippen LogP contribution < -0.4 is 5.69 Å². The van der Waals surface area contributed by atoms with E-state index in [0.717, 1.165) is 15.8 Å². The Bertz CT molecular complexity index is 2120. The molecule has 2 aliphatic heterocycles. The number of aliphatic hydroxyl groups is 1. The quantitative estimate of drug-likeness (QED) is 0.246. The molecule has 1 unspecified atom stereocenters. The second kappa shape index (κ2) is 14.8. The smallest absolute Gasteiger partial charge is 0.383 e. The molecular weight excluding hydrogens is 735 g/mol. The summed E-state index contributed by atoms with van der Waals surface area (Å²) >= 11 is 5.98. The maximum absolute atomic E-state index is 13.9. The fourth-order valence-corrected chi connectivity index (χ4v) is 7.40. The fourth-order valence-electron chi connectivity index (χ4n) is 6.08. The van der Waals surface area contributed by atoms with Gasteiger partial charge in [-0.05, 0) is 43.2 Å². The lowest BCUT2D eigenvalue weighted by Gasteiger charge is -2.27. The minimum Gasteiger partial charge on any atom is -0.383 e. The van der Waals surface area contributed by atoms with Gasteiger partial charge in [0.2, 0.25) is 5.82 Å². The number of pyridine rings is 1. The van der Waals surface area contributed by atoms with Crippen LogP contribution >= 0.6 is 11.6 Å². The molecule has 1 N–H and O–H groups in total. The van der Waals surface area contributed by atoms with E-state index in [1.165, 1.54) is 54.7 Å². The van der Waals surface area contributed by atoms with Crippen LogP contribution in [0.2, 0.25) is 5.02 Å². The number of ether oxygens (including phenoxy) is 1. The highest BCUT2D eigenvalue weighted by Crippen LogP contribution is 2.26. The normalized spacial score (nSPS) is 18.2. The number of carbonyl (C=O) groups excluding carboxylic acids is 2. The third-order valence-corrected chi connectivity index (χ3v) is 10.6. The van der Waals surface area contributed by atoms with Crippen LogP contribution in [0.25, 0.3) is 17.1 Å². The summed E-state index contributed by atoms with van der Waals surface area (Å²) in [6.07, 6.45) is -3.78. The molecule has 0 radical (unpaired) electrons. The van der Waals surface area contributed by atoms with Crippen LogP contribution in [0, 0.1) is 0 Å². The zero-order valence-corrected chi connectivity index (χ0v) is 29.2. The van der Waals surface area contributed by atoms with Gasteiger partial charge in [0.1, 0.15) is 6.54 Å². The van der Waals surface area contributed by atoms with Crippen LogP contribution in [0.15, 0.2) is 47.5 Å². The summed E-state index contributed by atoms with van der Waals surface area (Å²) in [6, 6.07) is 7.03. The number of benzene rings is 1. The molecule has 16 nitrogen and oxygen atoms in total. The third kappa shape index (κ3) is 7.74. The van der Waals surface area contributed by atoms with Gasteiger partial charge in [-0.1, -0.05) is 11.6 Å². The summed E-state index contributed by atoms with van der Waals surface area (Å²) in [5, 5.41) is 18.9. The van der Waals surface area contributed by atoms with E-state index in [1.807, 2.05) is 0 Å². The number of carbonyl (C=O) groups is 2. The van der Waals surface area contributed by atoms with Crippen molar-refractivity contribution < 1.29 is 41.0 Å². The van der Waals surface area contributed by atoms with E-state index < -0.39 is 46.8 Å². The van der Waals surface area contributed by atoms with E-state index in [1.54, 1.807) is 4.90 Å². The monoisotopic (exact) mass is 767 g/mol. The number of amides is 2. The molecule has 2 aliphatic rings. The zero-order valence-electron chi connectivity index (χ0n) is 27.6. The number of halogens is 4. The number of sulfone groups is 1. The standard InChI is InChI=1S/C31H33ClF3N9O7S/c1-51-18-21-3-2-10-41(21)28(46)22-8-9-36-15-23(22)44-27(29(47)40-11-13-52(49,50)14-12-40)37-25(38-44)17-43-30(48)42(16-24(45)31(33,34)35)26(39-43)19-4-6-20(32)7-5-19/h4-9,15,21,24,45H,2-3,10-14,16-18H2,1H3/t21?,24-/m0/s1. The summed E-state index contributed by atoms with van der Waals surface area (Å²) in [5.41, 5.74) is -0.641. The largest absolute Gasteiger partial charge is 0.416 e. The van der Waals surface area contributed by atoms with Crippen molar-refractivity contribution in [2.75, 3.05) is 44.9 Å². The van der Waals surface area contributed by atoms with Gasteiger partial charge in [-0.2, -0.15) is 13.2 Å². The summed E-state index contributed by atoms with van der Waals surface area (Å²) in [4.78, 5) is 52.9. The van der Waals surface area contributed by atoms with Crippen LogP contribution in [0.1, 0.15) is 39.6 Å². The lowest BCUT2D eigenvalue weighted by Crippen LogP contribution is -2.44. The maximum Gasteiger partial charge on any atom is 0.416 e. The molecule has 2 fully saturated rings. The van der Waals surface area contributed by atoms with Crippen LogP contribution in [0.3, 0.4) is 0 Å². The predicted octanol–water partition coefficient (Wildman–Crippen LogP) is 1.43. The number of rotatable bonds is 10. The minimum absolute atomic E-state index is 0.0651. The molecule has 21 heteroatoms. The van der Waals surface area contributed by atoms with E-state index in [2.05, 4.69) is 20.2 Å². The van der Waals surface area contributed by atoms with Crippen LogP contribution in [-0.2, 0) is 27.7 Å². The predicted molar refractivity (Wildman–Crippen MR) is 178 cm³/mol. The highest BCUT2D eigenvalue weighted by Gasteiger charge is 2.40. The Kier molecular flexibility index (Phi) is 10.5. The van der Waals surface area contributed by atoms with Gasteiger partial charge in [0, 0.05) is 43.5 Å². The van der Waals surface area contributed by atoms with Gasteiger partial charge in [0.15, 0.2) is 27.6 Å². The Balaban J connectivity index is 1.43. The Labute approximate surface area is 299 Å². The van der Waals surface area contributed by atoms with E-state index in [0.29, 0.717) is 29.2 Å². The van der Waals surface area contributed by atoms with Crippen LogP contribution in [-0.4, -0.2) is 132 Å². The highest BCUT2D eigenvalue weighted by atomic mass is 35.5. The first-order chi connectivity index (χ1) is 24.7. The topological polar surface area (TPSA) is 188 Å². The van der Waals surface area contributed by atoms with Crippen molar-refractivity contribution in [3.63, 3.8) is 0 Å². The Morgan fingerprint density at radius 2 is 1.79 bits per heavy atom. The number of aliphatic hydroxyl groups excluding tert-OH is 1. The van der Waals surface area contributed by atoms with Gasteiger partial charge in [0.05, 0.1) is 48.1 Å². The Morgan fingerprint density at radius 1 is 1.08 bits per heavy atom. The lowest BCUT2D eigenvalue weighted by molar-refractivity contribution is -0.207. The molecule has 0 spiro atoms. The Hall–Kier alpha value is -4.66. The number of hydrogen-bond donors (Lipinski definition) is 1. The molecule has 278 valence electrons. The molecule has 2 atom stereocenters. The SMILES string of the molecule is COCC1CCCN1C(=O)c1ccncc1-n1nc(Cn2nc(-c3ccc(Cl)cc3)n(C[C@H](O)C(F)(F)F)c2=O)nc1C(=O)N1CCS(=O)(=O)CC1. The first kappa shape index (κ1) is 37.1. The fraction of sp³-hybridized carbons (Fsp3) is 0.452. The minimum atomic E-state index is -5.04. The molecule has 0 aliphatic carbocycles. The molecule has 2 amide bonds. The third-order valence-electron chi connectivity index (χ3n) is 8.78. The van der Waals surface area contributed by atoms with Crippen molar-refractivity contribution in [2.24, 2.45) is 0 Å². The lowest BCUT2D eigenvalue weighted by atomic mass is 10.1. The first-order valence-electron chi connectivity index (χ1n) is 16.0. The number of nitrogens with zero attached hydrogens (tertiary/aromatic N) is 9. The summed E-state index contributed by atoms with van der Waals surface area (Å²) < 4.78 is 72.2. The average Bonchev–Trinajstić information content (AvgIpc) is 3.83. The van der Waals surface area contributed by atoms with Gasteiger partial charge < -0.3 is 19.6 Å². The molecule has 3 aromatic heterocycles. The van der Waals surface area contributed by atoms with Crippen molar-refractivity contribution in [1.29, 1.82) is 0 Å². The van der Waals surface area contributed by atoms with Gasteiger partial charge in [-0.3, -0.25) is 19.1 Å². The molecule has 0 saturated carbocycles. The average molecular weight is 768 g/mol. The molecule has 2 saturated heterocycles. The molecule has 0 bridgehead atoms. The van der Waals surface area contributed by atoms with Gasteiger partial charge in [-0.25, -0.2) is 27.6 Å². The van der Waals surface area contributed by atoms with E-state index in [9.17, 15) is 41.1 Å². The van der Waals surface area contributed by atoms with Crippen molar-refractivity contribution in [3.05, 3.63) is 75.4 Å². The van der Waals surface area contributed by atoms with Gasteiger partial charge in [-0.15, -0.1) is 10.2 Å². The molecule has 5 heterocycles. The number of methoxy groups -OCH3 is 1. The van der Waals surface area contributed by atoms with Crippen LogP contribution in [0.5, 0.6) is 0 Å². The summed E-state index contributed by atoms with van der Waals surface area (Å²) in [7, 11) is -1.84. The van der Waals surface area contributed by atoms with Crippen LogP contribution in [0.4, 0.5) is 13.2 Å². The highest BCUT2D eigenvalue weighted by molar-refractivity contribution is 7.91. The van der Waals surface area contributed by atoms with Crippen molar-refractivity contribution in [1.82, 2.24) is 43.9 Å². The second-order valence-corrected chi connectivity index (χ2v) is 15.0. The van der Waals surface area contributed by atoms with E-state index >= 15 is 0 Å². The van der Waals surface area contributed by atoms with Crippen molar-refractivity contribution in [2.45, 2.75) is 44.3 Å². The number of aromatic nitrogens is 7. The van der Waals surface area contributed by atoms with Crippen molar-refractivity contribution >= 4 is 33.3 Å². The number of alkyl halides is 3. The molecule has 52 heavy (non-hydrogen) atoms. The molecule has 6 rings (SSSR count). The Morgan fingerprint density at radius 3 is 2.46 bits per heavy atom. The second-order valence-electron chi connectivity index (χ2n) is 12.3. The number of likely N-dealkylation sites (tertiary alicyclic amines) is 1. The maximum atomic E-state index is 13.9. The first-order valence-corrected chi connectivity index (χ1v) is 18.2. The van der Waals surface area contributed by atoms with Gasteiger partial charge >= 0.3 is 11.9 Å². The molecule has 1 aromatic carbocycles. The van der Waals surface area contributed by atoms with E-state index in [4.69, 9.17) is 16.3 Å². The number of hydrogen-bond acceptors (Lipinski definition) is 11. The van der Waals surface area contributed by atoms with Gasteiger partial charge in [0.25, 0.3) is 11.8 Å². The molecular formula is C31H33ClF3N9O7S. The zero-order chi connectivity index (χ0) is 37.4. The molecule has 4 aromatic rings.